The monoisotopic (exact) mass is 453 g/mol. The molecular formula is C25H19N5O2S. The lowest BCUT2D eigenvalue weighted by Crippen LogP contribution is -2.12. The maximum atomic E-state index is 13.3. The average molecular weight is 454 g/mol. The minimum absolute atomic E-state index is 0.221. The van der Waals surface area contributed by atoms with Crippen LogP contribution in [0.2, 0.25) is 0 Å². The minimum Gasteiger partial charge on any atom is -0.291 e. The van der Waals surface area contributed by atoms with Gasteiger partial charge in [-0.25, -0.2) is 22.4 Å². The molecule has 0 radical (unpaired) electrons. The molecule has 4 heterocycles. The van der Waals surface area contributed by atoms with Crippen molar-refractivity contribution in [1.29, 1.82) is 0 Å². The van der Waals surface area contributed by atoms with E-state index in [-0.39, 0.29) is 4.90 Å². The van der Waals surface area contributed by atoms with Gasteiger partial charge in [-0.1, -0.05) is 35.9 Å². The first-order chi connectivity index (χ1) is 15.9. The van der Waals surface area contributed by atoms with E-state index >= 15 is 0 Å². The standard InChI is InChI=1S/C25H19N5O2S/c1-16-8-10-18(11-9-16)33(31,32)29-14-12-22-25(29)27-15-23-24(28-17(2)30(22)23)20-5-3-7-21-19(20)6-4-13-26-21/h3-15H,1-2H3. The number of aryl methyl sites for hydroxylation is 2. The lowest BCUT2D eigenvalue weighted by atomic mass is 10.1. The van der Waals surface area contributed by atoms with Crippen LogP contribution < -0.4 is 0 Å². The zero-order valence-corrected chi connectivity index (χ0v) is 18.8. The normalized spacial score (nSPS) is 12.2. The van der Waals surface area contributed by atoms with E-state index in [0.29, 0.717) is 11.2 Å². The molecule has 6 rings (SSSR count). The van der Waals surface area contributed by atoms with Gasteiger partial charge < -0.3 is 0 Å². The highest BCUT2D eigenvalue weighted by Gasteiger charge is 2.22. The highest BCUT2D eigenvalue weighted by atomic mass is 32.2. The molecule has 0 N–H and O–H groups in total. The Hall–Kier alpha value is -4.04. The van der Waals surface area contributed by atoms with Crippen molar-refractivity contribution >= 4 is 37.6 Å². The topological polar surface area (TPSA) is 82.1 Å². The third-order valence-electron chi connectivity index (χ3n) is 5.92. The van der Waals surface area contributed by atoms with Crippen molar-refractivity contribution in [2.24, 2.45) is 0 Å². The van der Waals surface area contributed by atoms with Crippen molar-refractivity contribution in [2.45, 2.75) is 18.7 Å². The molecule has 2 aromatic carbocycles. The van der Waals surface area contributed by atoms with E-state index in [4.69, 9.17) is 4.98 Å². The number of rotatable bonds is 3. The Bertz CT molecular complexity index is 1790. The molecule has 7 nitrogen and oxygen atoms in total. The molecule has 0 fully saturated rings. The van der Waals surface area contributed by atoms with Gasteiger partial charge in [0.25, 0.3) is 10.0 Å². The van der Waals surface area contributed by atoms with Crippen LogP contribution in [0.3, 0.4) is 0 Å². The Morgan fingerprint density at radius 2 is 1.67 bits per heavy atom. The van der Waals surface area contributed by atoms with E-state index in [1.807, 2.05) is 48.6 Å². The highest BCUT2D eigenvalue weighted by molar-refractivity contribution is 7.90. The second-order valence-electron chi connectivity index (χ2n) is 8.00. The summed E-state index contributed by atoms with van der Waals surface area (Å²) in [6.07, 6.45) is 5.01. The molecule has 0 amide bonds. The summed E-state index contributed by atoms with van der Waals surface area (Å²) >= 11 is 0. The van der Waals surface area contributed by atoms with E-state index in [1.165, 1.54) is 3.97 Å². The average Bonchev–Trinajstić information content (AvgIpc) is 3.40. The Morgan fingerprint density at radius 3 is 2.48 bits per heavy atom. The van der Waals surface area contributed by atoms with E-state index in [1.54, 1.807) is 48.9 Å². The Morgan fingerprint density at radius 1 is 0.848 bits per heavy atom. The number of nitrogens with zero attached hydrogens (tertiary/aromatic N) is 5. The van der Waals surface area contributed by atoms with Gasteiger partial charge >= 0.3 is 0 Å². The number of hydrogen-bond acceptors (Lipinski definition) is 5. The van der Waals surface area contributed by atoms with Crippen molar-refractivity contribution in [3.8, 4) is 11.3 Å². The second kappa shape index (κ2) is 6.98. The van der Waals surface area contributed by atoms with Gasteiger partial charge in [-0.15, -0.1) is 0 Å². The van der Waals surface area contributed by atoms with Crippen molar-refractivity contribution in [3.05, 3.63) is 90.6 Å². The number of benzene rings is 2. The van der Waals surface area contributed by atoms with Gasteiger partial charge in [0.15, 0.2) is 5.65 Å². The van der Waals surface area contributed by atoms with Gasteiger partial charge in [-0.2, -0.15) is 0 Å². The quantitative estimate of drug-likeness (QED) is 0.386. The van der Waals surface area contributed by atoms with Crippen LogP contribution in [0.5, 0.6) is 0 Å². The van der Waals surface area contributed by atoms with Crippen LogP contribution in [-0.4, -0.2) is 31.7 Å². The molecule has 0 saturated carbocycles. The molecule has 6 aromatic rings. The van der Waals surface area contributed by atoms with Crippen LogP contribution in [0, 0.1) is 13.8 Å². The summed E-state index contributed by atoms with van der Waals surface area (Å²) in [5, 5.41) is 1.000. The first-order valence-corrected chi connectivity index (χ1v) is 11.9. The molecule has 0 saturated heterocycles. The number of hydrogen-bond donors (Lipinski definition) is 0. The number of imidazole rings is 1. The van der Waals surface area contributed by atoms with Crippen LogP contribution in [0.1, 0.15) is 11.4 Å². The van der Waals surface area contributed by atoms with Gasteiger partial charge in [0.2, 0.25) is 0 Å². The summed E-state index contributed by atoms with van der Waals surface area (Å²) in [5.74, 6) is 0.749. The lowest BCUT2D eigenvalue weighted by Gasteiger charge is -2.08. The summed E-state index contributed by atoms with van der Waals surface area (Å²) in [6.45, 7) is 3.83. The third-order valence-corrected chi connectivity index (χ3v) is 7.60. The van der Waals surface area contributed by atoms with Crippen LogP contribution >= 0.6 is 0 Å². The summed E-state index contributed by atoms with van der Waals surface area (Å²) in [6, 6.07) is 18.4. The molecule has 0 aliphatic carbocycles. The van der Waals surface area contributed by atoms with Crippen molar-refractivity contribution in [2.75, 3.05) is 0 Å². The summed E-state index contributed by atoms with van der Waals surface area (Å²) in [7, 11) is -3.78. The zero-order valence-electron chi connectivity index (χ0n) is 18.0. The van der Waals surface area contributed by atoms with Gasteiger partial charge in [0.1, 0.15) is 5.82 Å². The molecule has 0 atom stereocenters. The summed E-state index contributed by atoms with van der Waals surface area (Å²) < 4.78 is 29.8. The second-order valence-corrected chi connectivity index (χ2v) is 9.82. The number of pyridine rings is 1. The fraction of sp³-hybridized carbons (Fsp3) is 0.0800. The fourth-order valence-electron chi connectivity index (χ4n) is 4.31. The summed E-state index contributed by atoms with van der Waals surface area (Å²) in [4.78, 5) is 14.1. The smallest absolute Gasteiger partial charge is 0.269 e. The van der Waals surface area contributed by atoms with E-state index in [2.05, 4.69) is 9.97 Å². The Kier molecular flexibility index (Phi) is 4.15. The predicted octanol–water partition coefficient (Wildman–Crippen LogP) is 4.75. The van der Waals surface area contributed by atoms with Gasteiger partial charge in [-0.05, 0) is 44.2 Å². The maximum Gasteiger partial charge on any atom is 0.269 e. The molecule has 162 valence electrons. The number of aromatic nitrogens is 5. The van der Waals surface area contributed by atoms with Crippen molar-refractivity contribution in [3.63, 3.8) is 0 Å². The first kappa shape index (κ1) is 19.6. The molecule has 33 heavy (non-hydrogen) atoms. The number of fused-ring (bicyclic) bond motifs is 4. The van der Waals surface area contributed by atoms with Gasteiger partial charge in [0, 0.05) is 23.3 Å². The SMILES string of the molecule is Cc1ccc(S(=O)(=O)n2ccc3c2ncc2c(-c4cccc5ncccc45)nc(C)n23)cc1. The van der Waals surface area contributed by atoms with E-state index in [9.17, 15) is 8.42 Å². The third kappa shape index (κ3) is 2.87. The van der Waals surface area contributed by atoms with Crippen molar-refractivity contribution < 1.29 is 8.42 Å². The van der Waals surface area contributed by atoms with Gasteiger partial charge in [0.05, 0.1) is 33.3 Å². The molecule has 0 unspecified atom stereocenters. The van der Waals surface area contributed by atoms with Crippen LogP contribution in [0.25, 0.3) is 38.8 Å². The van der Waals surface area contributed by atoms with Crippen molar-refractivity contribution in [1.82, 2.24) is 23.3 Å². The largest absolute Gasteiger partial charge is 0.291 e. The molecule has 4 aromatic heterocycles. The summed E-state index contributed by atoms with van der Waals surface area (Å²) in [5.41, 5.74) is 5.47. The molecule has 0 aliphatic heterocycles. The van der Waals surface area contributed by atoms with Crippen LogP contribution in [0.4, 0.5) is 0 Å². The predicted molar refractivity (Wildman–Crippen MR) is 128 cm³/mol. The maximum absolute atomic E-state index is 13.3. The van der Waals surface area contributed by atoms with Crippen LogP contribution in [-0.2, 0) is 10.0 Å². The molecule has 8 heteroatoms. The van der Waals surface area contributed by atoms with E-state index in [0.717, 1.165) is 39.1 Å². The fourth-order valence-corrected chi connectivity index (χ4v) is 5.61. The van der Waals surface area contributed by atoms with E-state index < -0.39 is 10.0 Å². The molecule has 0 bridgehead atoms. The Balaban J connectivity index is 1.59. The highest BCUT2D eigenvalue weighted by Crippen LogP contribution is 2.32. The lowest BCUT2D eigenvalue weighted by molar-refractivity contribution is 0.588. The molecule has 0 aliphatic rings. The minimum atomic E-state index is -3.78. The molecule has 0 spiro atoms. The molecular weight excluding hydrogens is 434 g/mol. The zero-order chi connectivity index (χ0) is 22.7. The van der Waals surface area contributed by atoms with Crippen LogP contribution in [0.15, 0.2) is 84.1 Å². The van der Waals surface area contributed by atoms with Gasteiger partial charge in [-0.3, -0.25) is 9.38 Å². The first-order valence-electron chi connectivity index (χ1n) is 10.5. The Labute approximate surface area is 190 Å².